The zero-order valence-corrected chi connectivity index (χ0v) is 21.1. The minimum Gasteiger partial charge on any atom is -0.508 e. The molecule has 3 atom stereocenters. The number of likely N-dealkylation sites (tertiary alicyclic amines) is 1. The van der Waals surface area contributed by atoms with Crippen molar-refractivity contribution in [1.82, 2.24) is 15.5 Å². The van der Waals surface area contributed by atoms with Crippen LogP contribution in [0.3, 0.4) is 0 Å². The summed E-state index contributed by atoms with van der Waals surface area (Å²) in [5.41, 5.74) is 0.785. The molecule has 1 saturated heterocycles. The molecule has 3 rings (SSSR count). The van der Waals surface area contributed by atoms with E-state index in [-0.39, 0.29) is 18.2 Å². The summed E-state index contributed by atoms with van der Waals surface area (Å²) in [6.45, 7) is 7.27. The fourth-order valence-corrected chi connectivity index (χ4v) is 4.17. The SMILES string of the molecule is CC(NC(=O)[C@H]1CC(c2ccccc2)CN1C(=O)OC(C)(C)C)C(=O)NCc1cc(Cl)ccc1O. The first-order valence-corrected chi connectivity index (χ1v) is 11.9. The molecule has 9 heteroatoms. The summed E-state index contributed by atoms with van der Waals surface area (Å²) in [5.74, 6) is -0.881. The summed E-state index contributed by atoms with van der Waals surface area (Å²) in [5, 5.41) is 15.8. The van der Waals surface area contributed by atoms with E-state index in [2.05, 4.69) is 10.6 Å². The number of carbonyl (C=O) groups is 3. The van der Waals surface area contributed by atoms with Gasteiger partial charge in [-0.25, -0.2) is 4.79 Å². The smallest absolute Gasteiger partial charge is 0.410 e. The topological polar surface area (TPSA) is 108 Å². The highest BCUT2D eigenvalue weighted by Crippen LogP contribution is 2.33. The van der Waals surface area contributed by atoms with Gasteiger partial charge in [-0.3, -0.25) is 14.5 Å². The molecule has 0 radical (unpaired) electrons. The zero-order valence-electron chi connectivity index (χ0n) is 20.4. The van der Waals surface area contributed by atoms with E-state index >= 15 is 0 Å². The molecule has 8 nitrogen and oxygen atoms in total. The molecule has 2 aromatic rings. The molecule has 0 bridgehead atoms. The Labute approximate surface area is 210 Å². The van der Waals surface area contributed by atoms with Crippen molar-refractivity contribution in [3.8, 4) is 5.75 Å². The first-order valence-electron chi connectivity index (χ1n) is 11.5. The number of halogens is 1. The number of carbonyl (C=O) groups excluding carboxylic acids is 3. The Hall–Kier alpha value is -3.26. The molecule has 1 aliphatic rings. The Bertz CT molecular complexity index is 1070. The van der Waals surface area contributed by atoms with Gasteiger partial charge in [-0.15, -0.1) is 0 Å². The number of nitrogens with one attached hydrogen (secondary N) is 2. The average Bonchev–Trinajstić information content (AvgIpc) is 3.25. The molecule has 0 saturated carbocycles. The van der Waals surface area contributed by atoms with E-state index in [1.54, 1.807) is 39.8 Å². The summed E-state index contributed by atoms with van der Waals surface area (Å²) in [6, 6.07) is 12.6. The van der Waals surface area contributed by atoms with Gasteiger partial charge in [-0.1, -0.05) is 41.9 Å². The highest BCUT2D eigenvalue weighted by Gasteiger charge is 2.42. The number of nitrogens with zero attached hydrogens (tertiary/aromatic N) is 1. The minimum absolute atomic E-state index is 0.0114. The van der Waals surface area contributed by atoms with Gasteiger partial charge in [0.25, 0.3) is 0 Å². The second-order valence-corrected chi connectivity index (χ2v) is 10.1. The van der Waals surface area contributed by atoms with Crippen LogP contribution >= 0.6 is 11.6 Å². The quantitative estimate of drug-likeness (QED) is 0.555. The Morgan fingerprint density at radius 1 is 1.17 bits per heavy atom. The molecule has 2 unspecified atom stereocenters. The van der Waals surface area contributed by atoms with Crippen LogP contribution in [0.25, 0.3) is 0 Å². The summed E-state index contributed by atoms with van der Waals surface area (Å²) < 4.78 is 5.54. The normalized spacial score (nSPS) is 18.6. The maximum Gasteiger partial charge on any atom is 0.410 e. The van der Waals surface area contributed by atoms with Gasteiger partial charge in [0.2, 0.25) is 11.8 Å². The summed E-state index contributed by atoms with van der Waals surface area (Å²) in [4.78, 5) is 40.1. The third-order valence-electron chi connectivity index (χ3n) is 5.75. The van der Waals surface area contributed by atoms with Crippen LogP contribution in [0.1, 0.15) is 51.2 Å². The maximum absolute atomic E-state index is 13.2. The maximum atomic E-state index is 13.2. The molecule has 3 N–H and O–H groups in total. The highest BCUT2D eigenvalue weighted by atomic mass is 35.5. The van der Waals surface area contributed by atoms with Crippen LogP contribution in [0.15, 0.2) is 48.5 Å². The van der Waals surface area contributed by atoms with E-state index in [9.17, 15) is 19.5 Å². The number of hydrogen-bond acceptors (Lipinski definition) is 5. The average molecular weight is 502 g/mol. The molecular formula is C26H32ClN3O5. The van der Waals surface area contributed by atoms with Gasteiger partial charge in [-0.05, 0) is 57.9 Å². The lowest BCUT2D eigenvalue weighted by Crippen LogP contribution is -2.52. The Balaban J connectivity index is 1.67. The van der Waals surface area contributed by atoms with Gasteiger partial charge >= 0.3 is 6.09 Å². The monoisotopic (exact) mass is 501 g/mol. The fourth-order valence-electron chi connectivity index (χ4n) is 3.98. The predicted octanol–water partition coefficient (Wildman–Crippen LogP) is 3.96. The molecule has 0 aromatic heterocycles. The number of benzene rings is 2. The van der Waals surface area contributed by atoms with E-state index in [1.165, 1.54) is 11.0 Å². The van der Waals surface area contributed by atoms with Crippen molar-refractivity contribution in [2.24, 2.45) is 0 Å². The molecule has 1 heterocycles. The summed E-state index contributed by atoms with van der Waals surface area (Å²) in [7, 11) is 0. The Kier molecular flexibility index (Phi) is 8.27. The number of ether oxygens (including phenoxy) is 1. The molecule has 3 amide bonds. The van der Waals surface area contributed by atoms with Crippen LogP contribution in [0.4, 0.5) is 4.79 Å². The molecule has 188 valence electrons. The van der Waals surface area contributed by atoms with E-state index in [1.807, 2.05) is 30.3 Å². The highest BCUT2D eigenvalue weighted by molar-refractivity contribution is 6.30. The Morgan fingerprint density at radius 3 is 2.51 bits per heavy atom. The van der Waals surface area contributed by atoms with Crippen molar-refractivity contribution in [3.63, 3.8) is 0 Å². The number of phenolic OH excluding ortho intramolecular Hbond substituents is 1. The number of amides is 3. The fraction of sp³-hybridized carbons (Fsp3) is 0.423. The van der Waals surface area contributed by atoms with Crippen molar-refractivity contribution >= 4 is 29.5 Å². The van der Waals surface area contributed by atoms with Crippen LogP contribution in [-0.2, 0) is 20.9 Å². The first kappa shape index (κ1) is 26.3. The van der Waals surface area contributed by atoms with E-state index < -0.39 is 35.6 Å². The first-order chi connectivity index (χ1) is 16.4. The van der Waals surface area contributed by atoms with E-state index in [0.29, 0.717) is 23.6 Å². The molecule has 1 aliphatic heterocycles. The number of rotatable bonds is 6. The second kappa shape index (κ2) is 11.0. The van der Waals surface area contributed by atoms with Gasteiger partial charge < -0.3 is 20.5 Å². The summed E-state index contributed by atoms with van der Waals surface area (Å²) in [6.07, 6.45) is -0.149. The second-order valence-electron chi connectivity index (χ2n) is 9.71. The number of aromatic hydroxyl groups is 1. The lowest BCUT2D eigenvalue weighted by Gasteiger charge is -2.28. The van der Waals surface area contributed by atoms with Gasteiger partial charge in [0.1, 0.15) is 23.4 Å². The molecule has 0 spiro atoms. The van der Waals surface area contributed by atoms with Crippen molar-refractivity contribution in [3.05, 3.63) is 64.7 Å². The molecule has 1 fully saturated rings. The van der Waals surface area contributed by atoms with Crippen molar-refractivity contribution in [1.29, 1.82) is 0 Å². The standard InChI is InChI=1S/C26H32ClN3O5/c1-16(23(32)28-14-18-12-20(27)10-11-22(18)31)29-24(33)21-13-19(17-8-6-5-7-9-17)15-30(21)25(34)35-26(2,3)4/h5-12,16,19,21,31H,13-15H2,1-4H3,(H,28,32)(H,29,33)/t16?,19?,21-/m1/s1. The minimum atomic E-state index is -0.861. The van der Waals surface area contributed by atoms with Crippen LogP contribution in [0.2, 0.25) is 5.02 Å². The van der Waals surface area contributed by atoms with Gasteiger partial charge in [0, 0.05) is 29.6 Å². The predicted molar refractivity (Wildman–Crippen MR) is 133 cm³/mol. The zero-order chi connectivity index (χ0) is 25.8. The van der Waals surface area contributed by atoms with E-state index in [0.717, 1.165) is 5.56 Å². The molecular weight excluding hydrogens is 470 g/mol. The van der Waals surface area contributed by atoms with Crippen molar-refractivity contribution in [2.75, 3.05) is 6.54 Å². The van der Waals surface area contributed by atoms with Gasteiger partial charge in [-0.2, -0.15) is 0 Å². The lowest BCUT2D eigenvalue weighted by atomic mass is 9.96. The van der Waals surface area contributed by atoms with Crippen LogP contribution in [0, 0.1) is 0 Å². The number of hydrogen-bond donors (Lipinski definition) is 3. The molecule has 35 heavy (non-hydrogen) atoms. The Morgan fingerprint density at radius 2 is 1.86 bits per heavy atom. The van der Waals surface area contributed by atoms with Crippen LogP contribution in [0.5, 0.6) is 5.75 Å². The van der Waals surface area contributed by atoms with E-state index in [4.69, 9.17) is 16.3 Å². The molecule has 0 aliphatic carbocycles. The number of phenols is 1. The van der Waals surface area contributed by atoms with Crippen molar-refractivity contribution in [2.45, 2.75) is 64.3 Å². The van der Waals surface area contributed by atoms with Gasteiger partial charge in [0.15, 0.2) is 0 Å². The van der Waals surface area contributed by atoms with Gasteiger partial charge in [0.05, 0.1) is 0 Å². The molecule has 2 aromatic carbocycles. The van der Waals surface area contributed by atoms with Crippen molar-refractivity contribution < 1.29 is 24.2 Å². The lowest BCUT2D eigenvalue weighted by molar-refractivity contribution is -0.131. The summed E-state index contributed by atoms with van der Waals surface area (Å²) >= 11 is 5.95. The van der Waals surface area contributed by atoms with Crippen LogP contribution in [-0.4, -0.2) is 52.1 Å². The third-order valence-corrected chi connectivity index (χ3v) is 5.98. The largest absolute Gasteiger partial charge is 0.508 e. The third kappa shape index (κ3) is 7.11. The van der Waals surface area contributed by atoms with Crippen LogP contribution < -0.4 is 10.6 Å².